The van der Waals surface area contributed by atoms with Crippen molar-refractivity contribution in [2.75, 3.05) is 10.6 Å². The van der Waals surface area contributed by atoms with E-state index in [1.165, 1.54) is 49.5 Å². The van der Waals surface area contributed by atoms with Gasteiger partial charge in [0.2, 0.25) is 15.9 Å². The summed E-state index contributed by atoms with van der Waals surface area (Å²) < 4.78 is 22.5. The Labute approximate surface area is 168 Å². The maximum absolute atomic E-state index is 12.7. The predicted molar refractivity (Wildman–Crippen MR) is 107 cm³/mol. The first-order valence-corrected chi connectivity index (χ1v) is 9.84. The molecule has 2 amide bonds. The summed E-state index contributed by atoms with van der Waals surface area (Å²) in [7, 11) is -3.78. The average Bonchev–Trinajstić information content (AvgIpc) is 2.66. The van der Waals surface area contributed by atoms with Crippen molar-refractivity contribution in [1.82, 2.24) is 5.32 Å². The minimum Gasteiger partial charge on any atom is -0.399 e. The molecule has 2 rings (SSSR count). The number of imide groups is 1. The van der Waals surface area contributed by atoms with Crippen LogP contribution in [0.4, 0.5) is 11.4 Å². The van der Waals surface area contributed by atoms with E-state index in [2.05, 4.69) is 5.32 Å². The van der Waals surface area contributed by atoms with Crippen LogP contribution in [-0.2, 0) is 26.2 Å². The zero-order chi connectivity index (χ0) is 21.6. The fourth-order valence-electron chi connectivity index (χ4n) is 2.40. The van der Waals surface area contributed by atoms with E-state index in [-0.39, 0.29) is 22.7 Å². The van der Waals surface area contributed by atoms with E-state index in [4.69, 9.17) is 10.9 Å². The van der Waals surface area contributed by atoms with E-state index in [0.717, 1.165) is 4.90 Å². The first-order chi connectivity index (χ1) is 13.6. The molecule has 2 aromatic carbocycles. The summed E-state index contributed by atoms with van der Waals surface area (Å²) in [6.45, 7) is 1.43. The number of hydrogen-bond donors (Lipinski definition) is 3. The molecule has 0 bridgehead atoms. The lowest BCUT2D eigenvalue weighted by atomic mass is 10.2. The number of hydrogen-bond acceptors (Lipinski definition) is 7. The molecule has 0 spiro atoms. The molecule has 0 aliphatic carbocycles. The van der Waals surface area contributed by atoms with Gasteiger partial charge in [-0.1, -0.05) is 12.1 Å². The van der Waals surface area contributed by atoms with Crippen LogP contribution in [0.5, 0.6) is 0 Å². The lowest BCUT2D eigenvalue weighted by Gasteiger charge is -2.19. The van der Waals surface area contributed by atoms with Crippen LogP contribution in [0.1, 0.15) is 12.5 Å². The van der Waals surface area contributed by atoms with Crippen LogP contribution in [0.25, 0.3) is 0 Å². The van der Waals surface area contributed by atoms with Crippen molar-refractivity contribution >= 4 is 33.2 Å². The molecule has 150 valence electrons. The number of nitrogens with zero attached hydrogens (tertiary/aromatic N) is 2. The van der Waals surface area contributed by atoms with Crippen LogP contribution in [0.3, 0.4) is 0 Å². The number of nitriles is 1. The number of carbonyl (C=O) groups is 2. The third-order valence-electron chi connectivity index (χ3n) is 3.82. The molecule has 0 aliphatic heterocycles. The molecule has 0 unspecified atom stereocenters. The van der Waals surface area contributed by atoms with Gasteiger partial charge in [-0.2, -0.15) is 5.26 Å². The third kappa shape index (κ3) is 5.65. The number of benzene rings is 2. The number of primary sulfonamides is 1. The molecule has 0 saturated carbocycles. The Bertz CT molecular complexity index is 1080. The van der Waals surface area contributed by atoms with Crippen LogP contribution >= 0.6 is 0 Å². The Morgan fingerprint density at radius 3 is 2.21 bits per heavy atom. The molecule has 0 atom stereocenters. The molecular weight excluding hydrogens is 394 g/mol. The summed E-state index contributed by atoms with van der Waals surface area (Å²) in [6.07, 6.45) is 1.20. The second kappa shape index (κ2) is 9.01. The molecule has 0 aromatic heterocycles. The van der Waals surface area contributed by atoms with Crippen LogP contribution < -0.4 is 21.1 Å². The highest BCUT2D eigenvalue weighted by Crippen LogP contribution is 2.19. The van der Waals surface area contributed by atoms with Gasteiger partial charge in [0.1, 0.15) is 11.6 Å². The zero-order valence-electron chi connectivity index (χ0n) is 15.5. The van der Waals surface area contributed by atoms with Gasteiger partial charge in [0.25, 0.3) is 5.91 Å². The van der Waals surface area contributed by atoms with Crippen LogP contribution in [0.2, 0.25) is 0 Å². The summed E-state index contributed by atoms with van der Waals surface area (Å²) in [5.74, 6) is -1.35. The van der Waals surface area contributed by atoms with Gasteiger partial charge in [-0.05, 0) is 42.0 Å². The molecule has 0 heterocycles. The Morgan fingerprint density at radius 1 is 1.14 bits per heavy atom. The number of anilines is 2. The van der Waals surface area contributed by atoms with Gasteiger partial charge in [0.05, 0.1) is 10.6 Å². The highest BCUT2D eigenvalue weighted by molar-refractivity contribution is 7.89. The monoisotopic (exact) mass is 413 g/mol. The fraction of sp³-hybridized carbons (Fsp3) is 0.105. The Balaban J connectivity index is 2.15. The molecule has 0 aliphatic rings. The minimum atomic E-state index is -3.78. The Morgan fingerprint density at radius 2 is 1.72 bits per heavy atom. The molecule has 0 saturated heterocycles. The van der Waals surface area contributed by atoms with Crippen molar-refractivity contribution in [3.8, 4) is 6.07 Å². The van der Waals surface area contributed by atoms with Gasteiger partial charge in [0, 0.05) is 25.4 Å². The first kappa shape index (κ1) is 21.6. The van der Waals surface area contributed by atoms with Crippen molar-refractivity contribution in [2.45, 2.75) is 18.4 Å². The second-order valence-electron chi connectivity index (χ2n) is 5.99. The average molecular weight is 413 g/mol. The summed E-state index contributed by atoms with van der Waals surface area (Å²) in [6, 6.07) is 13.7. The smallest absolute Gasteiger partial charge is 0.277 e. The molecule has 0 radical (unpaired) electrons. The van der Waals surface area contributed by atoms with Gasteiger partial charge >= 0.3 is 0 Å². The number of nitrogens with two attached hydrogens (primary N) is 2. The lowest BCUT2D eigenvalue weighted by molar-refractivity contribution is -0.123. The van der Waals surface area contributed by atoms with Gasteiger partial charge in [-0.25, -0.2) is 18.5 Å². The molecule has 5 N–H and O–H groups in total. The molecule has 0 fully saturated rings. The fourth-order valence-corrected chi connectivity index (χ4v) is 2.91. The SMILES string of the molecule is CC(=O)N(C(=O)/C(C#N)=C\NCc1ccc(S(N)(=O)=O)cc1)c1ccc(N)cc1. The number of rotatable bonds is 6. The highest BCUT2D eigenvalue weighted by atomic mass is 32.2. The first-order valence-electron chi connectivity index (χ1n) is 8.29. The zero-order valence-corrected chi connectivity index (χ0v) is 16.3. The standard InChI is InChI=1S/C19H19N5O4S/c1-13(25)24(17-6-4-16(21)5-7-17)19(26)15(10-20)12-23-11-14-2-8-18(9-3-14)29(22,27)28/h2-9,12,23H,11,21H2,1H3,(H2,22,27,28)/b15-12-. The molecular formula is C19H19N5O4S. The Kier molecular flexibility index (Phi) is 6.71. The van der Waals surface area contributed by atoms with E-state index in [9.17, 15) is 23.3 Å². The quantitative estimate of drug-likeness (QED) is 0.362. The van der Waals surface area contributed by atoms with Gasteiger partial charge in [0.15, 0.2) is 0 Å². The van der Waals surface area contributed by atoms with Gasteiger partial charge in [-0.15, -0.1) is 0 Å². The van der Waals surface area contributed by atoms with Crippen molar-refractivity contribution in [3.63, 3.8) is 0 Å². The molecule has 2 aromatic rings. The van der Waals surface area contributed by atoms with Crippen LogP contribution in [0, 0.1) is 11.3 Å². The summed E-state index contributed by atoms with van der Waals surface area (Å²) in [5.41, 5.74) is 6.79. The van der Waals surface area contributed by atoms with Gasteiger partial charge in [-0.3, -0.25) is 9.59 Å². The predicted octanol–water partition coefficient (Wildman–Crippen LogP) is 0.993. The largest absolute Gasteiger partial charge is 0.399 e. The van der Waals surface area contributed by atoms with E-state index >= 15 is 0 Å². The van der Waals surface area contributed by atoms with E-state index in [1.807, 2.05) is 0 Å². The van der Waals surface area contributed by atoms with Crippen molar-refractivity contribution in [2.24, 2.45) is 5.14 Å². The van der Waals surface area contributed by atoms with Crippen LogP contribution in [0.15, 0.2) is 65.2 Å². The summed E-state index contributed by atoms with van der Waals surface area (Å²) >= 11 is 0. The number of sulfonamides is 1. The van der Waals surface area contributed by atoms with Crippen LogP contribution in [-0.4, -0.2) is 20.2 Å². The molecule has 10 heteroatoms. The summed E-state index contributed by atoms with van der Waals surface area (Å²) in [5, 5.41) is 17.2. The Hall–Kier alpha value is -3.68. The lowest BCUT2D eigenvalue weighted by Crippen LogP contribution is -2.36. The van der Waals surface area contributed by atoms with E-state index in [0.29, 0.717) is 11.3 Å². The van der Waals surface area contributed by atoms with E-state index in [1.54, 1.807) is 18.2 Å². The maximum Gasteiger partial charge on any atom is 0.277 e. The van der Waals surface area contributed by atoms with Crippen molar-refractivity contribution in [1.29, 1.82) is 5.26 Å². The minimum absolute atomic E-state index is 0.0229. The van der Waals surface area contributed by atoms with Crippen molar-refractivity contribution < 1.29 is 18.0 Å². The maximum atomic E-state index is 12.7. The second-order valence-corrected chi connectivity index (χ2v) is 7.55. The van der Waals surface area contributed by atoms with Gasteiger partial charge < -0.3 is 11.1 Å². The third-order valence-corrected chi connectivity index (χ3v) is 4.75. The number of nitrogen functional groups attached to an aromatic ring is 1. The number of nitrogens with one attached hydrogen (secondary N) is 1. The highest BCUT2D eigenvalue weighted by Gasteiger charge is 2.23. The number of carbonyl (C=O) groups excluding carboxylic acids is 2. The summed E-state index contributed by atoms with van der Waals surface area (Å²) in [4.78, 5) is 25.5. The molecule has 29 heavy (non-hydrogen) atoms. The van der Waals surface area contributed by atoms with Crippen molar-refractivity contribution in [3.05, 3.63) is 65.9 Å². The number of amides is 2. The molecule has 9 nitrogen and oxygen atoms in total. The van der Waals surface area contributed by atoms with E-state index < -0.39 is 21.8 Å². The normalized spacial score (nSPS) is 11.4. The topological polar surface area (TPSA) is 159 Å².